The summed E-state index contributed by atoms with van der Waals surface area (Å²) in [6.45, 7) is -0.765. The van der Waals surface area contributed by atoms with Gasteiger partial charge in [-0.15, -0.1) is 0 Å². The highest BCUT2D eigenvalue weighted by molar-refractivity contribution is 5.56. The van der Waals surface area contributed by atoms with Crippen LogP contribution in [0.25, 0.3) is 0 Å². The third-order valence-corrected chi connectivity index (χ3v) is 3.80. The number of ether oxygens (including phenoxy) is 1. The van der Waals surface area contributed by atoms with Crippen molar-refractivity contribution in [2.75, 3.05) is 6.61 Å². The Morgan fingerprint density at radius 2 is 1.43 bits per heavy atom. The minimum Gasteiger partial charge on any atom is -0.394 e. The number of carbonyl (C=O) groups is 1. The summed E-state index contributed by atoms with van der Waals surface area (Å²) in [4.78, 5) is 10.3. The Hall–Kier alpha value is -0.730. The predicted octanol–water partition coefficient (Wildman–Crippen LogP) is -6.17. The van der Waals surface area contributed by atoms with Crippen molar-refractivity contribution in [3.8, 4) is 0 Å². The molecule has 10 atom stereocenters. The van der Waals surface area contributed by atoms with Crippen molar-refractivity contribution in [2.24, 2.45) is 0 Å². The molecule has 11 nitrogen and oxygen atoms in total. The zero-order valence-electron chi connectivity index (χ0n) is 11.9. The number of aldehydes is 1. The van der Waals surface area contributed by atoms with Crippen LogP contribution in [0.3, 0.4) is 0 Å². The molecule has 0 aromatic heterocycles. The molecule has 0 aliphatic carbocycles. The molecule has 0 bridgehead atoms. The monoisotopic (exact) mass is 342 g/mol. The van der Waals surface area contributed by atoms with Gasteiger partial charge in [0.1, 0.15) is 61.0 Å². The summed E-state index contributed by atoms with van der Waals surface area (Å²) < 4.78 is 4.99. The second-order valence-corrected chi connectivity index (χ2v) is 5.38. The number of aliphatic hydroxyl groups excluding tert-OH is 9. The second kappa shape index (κ2) is 8.39. The number of carbonyl (C=O) groups excluding carboxylic acids is 1. The lowest BCUT2D eigenvalue weighted by molar-refractivity contribution is -0.264. The first kappa shape index (κ1) is 20.3. The van der Waals surface area contributed by atoms with Crippen molar-refractivity contribution >= 4 is 6.29 Å². The van der Waals surface area contributed by atoms with Gasteiger partial charge in [0, 0.05) is 0 Å². The molecular formula is C12H22O11. The van der Waals surface area contributed by atoms with Crippen LogP contribution in [0, 0.1) is 0 Å². The maximum absolute atomic E-state index is 10.3. The third kappa shape index (κ3) is 4.22. The van der Waals surface area contributed by atoms with Crippen LogP contribution in [0.4, 0.5) is 0 Å². The Kier molecular flexibility index (Phi) is 7.41. The van der Waals surface area contributed by atoms with E-state index in [1.807, 2.05) is 0 Å². The minimum atomic E-state index is -2.18. The van der Waals surface area contributed by atoms with E-state index in [0.717, 1.165) is 0 Å². The third-order valence-electron chi connectivity index (χ3n) is 3.80. The fourth-order valence-corrected chi connectivity index (χ4v) is 2.29. The van der Waals surface area contributed by atoms with E-state index >= 15 is 0 Å². The number of hydrogen-bond acceptors (Lipinski definition) is 11. The molecule has 1 aliphatic rings. The van der Waals surface area contributed by atoms with Gasteiger partial charge in [-0.1, -0.05) is 0 Å². The Bertz CT molecular complexity index is 378. The van der Waals surface area contributed by atoms with Crippen LogP contribution in [-0.4, -0.2) is 120 Å². The van der Waals surface area contributed by atoms with Crippen LogP contribution in [0.2, 0.25) is 0 Å². The van der Waals surface area contributed by atoms with Gasteiger partial charge in [-0.2, -0.15) is 0 Å². The first-order valence-electron chi connectivity index (χ1n) is 6.83. The Labute approximate surface area is 130 Å². The highest BCUT2D eigenvalue weighted by Gasteiger charge is 2.49. The van der Waals surface area contributed by atoms with Gasteiger partial charge in [0.15, 0.2) is 6.29 Å². The smallest absolute Gasteiger partial charge is 0.151 e. The van der Waals surface area contributed by atoms with Crippen LogP contribution < -0.4 is 0 Å². The second-order valence-electron chi connectivity index (χ2n) is 5.38. The van der Waals surface area contributed by atoms with Crippen LogP contribution in [0.1, 0.15) is 0 Å². The average Bonchev–Trinajstić information content (AvgIpc) is 2.56. The largest absolute Gasteiger partial charge is 0.394 e. The van der Waals surface area contributed by atoms with Gasteiger partial charge in [-0.05, 0) is 0 Å². The predicted molar refractivity (Wildman–Crippen MR) is 69.9 cm³/mol. The Morgan fingerprint density at radius 3 is 1.91 bits per heavy atom. The van der Waals surface area contributed by atoms with Crippen molar-refractivity contribution in [1.29, 1.82) is 0 Å². The maximum atomic E-state index is 10.3. The molecule has 1 unspecified atom stereocenters. The Morgan fingerprint density at radius 1 is 0.870 bits per heavy atom. The van der Waals surface area contributed by atoms with Crippen LogP contribution in [-0.2, 0) is 9.53 Å². The number of hydrogen-bond donors (Lipinski definition) is 9. The quantitative estimate of drug-likeness (QED) is 0.199. The molecule has 0 saturated carbocycles. The van der Waals surface area contributed by atoms with Crippen molar-refractivity contribution < 1.29 is 55.5 Å². The molecule has 1 aliphatic heterocycles. The Balaban J connectivity index is 2.85. The van der Waals surface area contributed by atoms with Crippen molar-refractivity contribution in [2.45, 2.75) is 61.0 Å². The van der Waals surface area contributed by atoms with Gasteiger partial charge in [-0.25, -0.2) is 0 Å². The van der Waals surface area contributed by atoms with Gasteiger partial charge in [0.25, 0.3) is 0 Å². The van der Waals surface area contributed by atoms with E-state index in [1.54, 1.807) is 0 Å². The van der Waals surface area contributed by atoms with Crippen molar-refractivity contribution in [3.05, 3.63) is 0 Å². The molecule has 0 amide bonds. The number of aliphatic hydroxyl groups is 9. The average molecular weight is 342 g/mol. The van der Waals surface area contributed by atoms with Crippen molar-refractivity contribution in [3.63, 3.8) is 0 Å². The summed E-state index contributed by atoms with van der Waals surface area (Å²) in [5, 5.41) is 85.9. The lowest BCUT2D eigenvalue weighted by Crippen LogP contribution is -2.64. The van der Waals surface area contributed by atoms with Gasteiger partial charge in [-0.3, -0.25) is 0 Å². The summed E-state index contributed by atoms with van der Waals surface area (Å²) in [6.07, 6.45) is -19.1. The minimum absolute atomic E-state index is 0.0964. The van der Waals surface area contributed by atoms with E-state index in [0.29, 0.717) is 0 Å². The molecule has 23 heavy (non-hydrogen) atoms. The molecule has 136 valence electrons. The highest BCUT2D eigenvalue weighted by atomic mass is 16.6. The molecule has 0 spiro atoms. The molecule has 1 fully saturated rings. The van der Waals surface area contributed by atoms with Gasteiger partial charge >= 0.3 is 0 Å². The molecule has 0 radical (unpaired) electrons. The summed E-state index contributed by atoms with van der Waals surface area (Å²) >= 11 is 0. The van der Waals surface area contributed by atoms with Crippen LogP contribution in [0.5, 0.6) is 0 Å². The zero-order valence-corrected chi connectivity index (χ0v) is 11.9. The van der Waals surface area contributed by atoms with Crippen LogP contribution in [0.15, 0.2) is 0 Å². The molecule has 1 rings (SSSR count). The van der Waals surface area contributed by atoms with E-state index in [2.05, 4.69) is 0 Å². The molecule has 9 N–H and O–H groups in total. The number of rotatable bonds is 7. The lowest BCUT2D eigenvalue weighted by Gasteiger charge is -2.43. The SMILES string of the molecule is O=C[C@@H](O)[C@@H](O)[C@H](O)[C@H](O)C(O)[C@H]1O[C@H](CO)[C@@H](O)[C@H](O)[C@H]1O. The summed E-state index contributed by atoms with van der Waals surface area (Å²) in [5.41, 5.74) is 0. The molecule has 1 saturated heterocycles. The van der Waals surface area contributed by atoms with Gasteiger partial charge < -0.3 is 55.5 Å². The molecule has 0 aromatic rings. The normalized spacial score (nSPS) is 38.4. The van der Waals surface area contributed by atoms with Crippen LogP contribution >= 0.6 is 0 Å². The van der Waals surface area contributed by atoms with E-state index in [9.17, 15) is 40.5 Å². The summed E-state index contributed by atoms with van der Waals surface area (Å²) in [7, 11) is 0. The standard InChI is InChI=1S/C12H22O11/c13-1-3(15)5(16)7(18)9(20)11(22)12-10(21)8(19)6(17)4(2-14)23-12/h1,3-12,14-22H,2H2/t3-,4-,5-,6-,7+,8+,9+,10-,11?,12+/m1/s1. The maximum Gasteiger partial charge on any atom is 0.151 e. The summed E-state index contributed by atoms with van der Waals surface area (Å²) in [5.74, 6) is 0. The molecule has 0 aromatic carbocycles. The van der Waals surface area contributed by atoms with Crippen molar-refractivity contribution in [1.82, 2.24) is 0 Å². The molecule has 1 heterocycles. The van der Waals surface area contributed by atoms with Gasteiger partial charge in [0.2, 0.25) is 0 Å². The first-order valence-corrected chi connectivity index (χ1v) is 6.83. The van der Waals surface area contributed by atoms with E-state index in [4.69, 9.17) is 14.9 Å². The highest BCUT2D eigenvalue weighted by Crippen LogP contribution is 2.25. The van der Waals surface area contributed by atoms with Gasteiger partial charge in [0.05, 0.1) is 6.61 Å². The topological polar surface area (TPSA) is 208 Å². The van der Waals surface area contributed by atoms with E-state index in [-0.39, 0.29) is 6.29 Å². The lowest BCUT2D eigenvalue weighted by atomic mass is 9.88. The molecule has 11 heteroatoms. The molecular weight excluding hydrogens is 320 g/mol. The first-order chi connectivity index (χ1) is 10.7. The van der Waals surface area contributed by atoms with E-state index < -0.39 is 67.6 Å². The van der Waals surface area contributed by atoms with E-state index in [1.165, 1.54) is 0 Å². The zero-order chi connectivity index (χ0) is 17.9. The summed E-state index contributed by atoms with van der Waals surface area (Å²) in [6, 6.07) is 0. The fraction of sp³-hybridized carbons (Fsp3) is 0.917. The fourth-order valence-electron chi connectivity index (χ4n) is 2.29.